The topological polar surface area (TPSA) is 20.2 Å². The second-order valence-corrected chi connectivity index (χ2v) is 25.6. The van der Waals surface area contributed by atoms with Gasteiger partial charge in [-0.05, 0) is 173 Å². The van der Waals surface area contributed by atoms with E-state index in [9.17, 15) is 5.11 Å². The molecule has 8 atom stereocenters. The molecule has 1 unspecified atom stereocenters. The van der Waals surface area contributed by atoms with E-state index < -0.39 is 0 Å². The number of rotatable bonds is 38. The minimum atomic E-state index is -0.0942. The van der Waals surface area contributed by atoms with Gasteiger partial charge in [-0.3, -0.25) is 0 Å². The van der Waals surface area contributed by atoms with E-state index in [2.05, 4.69) is 85.8 Å². The van der Waals surface area contributed by atoms with E-state index in [1.165, 1.54) is 250 Å². The van der Waals surface area contributed by atoms with Crippen molar-refractivity contribution in [1.82, 2.24) is 0 Å². The third-order valence-electron chi connectivity index (χ3n) is 20.4. The number of unbranched alkanes of at least 4 members (excludes halogenated alkanes) is 24. The molecule has 3 fully saturated rings. The number of hydrogen-bond donors (Lipinski definition) is 1. The Balaban J connectivity index is 1.19. The van der Waals surface area contributed by atoms with Gasteiger partial charge in [0.05, 0.1) is 6.10 Å². The highest BCUT2D eigenvalue weighted by Gasteiger charge is 2.59. The van der Waals surface area contributed by atoms with Crippen LogP contribution < -0.4 is 0 Å². The van der Waals surface area contributed by atoms with Crippen LogP contribution in [0.4, 0.5) is 0 Å². The van der Waals surface area contributed by atoms with E-state index in [-0.39, 0.29) is 6.10 Å². The maximum atomic E-state index is 10.5. The molecule has 1 heteroatoms. The summed E-state index contributed by atoms with van der Waals surface area (Å²) in [5.74, 6) is 4.41. The van der Waals surface area contributed by atoms with E-state index in [1.54, 1.807) is 5.57 Å². The van der Waals surface area contributed by atoms with Crippen molar-refractivity contribution < 1.29 is 5.11 Å². The van der Waals surface area contributed by atoms with Gasteiger partial charge >= 0.3 is 0 Å². The Bertz CT molecular complexity index is 1290. The lowest BCUT2D eigenvalue weighted by Crippen LogP contribution is -2.50. The van der Waals surface area contributed by atoms with Crippen LogP contribution in [-0.2, 0) is 0 Å². The Morgan fingerprint density at radius 2 is 1.03 bits per heavy atom. The standard InChI is InChI=1S/C65H118O/c1-9-11-13-15-17-19-21-23-25-27-29-31-33-35-37-39-50-63(6,51-40-38-36-34-32-30-28-26-24-22-20-18-16-14-12-10-2)62(4,5)49-41-42-55(3)59-45-46-60-58-44-43-56-54-57(66)47-52-64(56,7)61(58)48-53-65(59,60)8/h23-26,43,55,57-61,66H,9-22,27-42,44-54H2,1-8H3/b25-23-,26-24-/t55?,57-,58-,59+,60-,61-,64-,65+/m0/s1. The second kappa shape index (κ2) is 31.5. The number of aliphatic hydroxyl groups excluding tert-OH is 1. The van der Waals surface area contributed by atoms with Crippen molar-refractivity contribution in [3.63, 3.8) is 0 Å². The number of allylic oxidation sites excluding steroid dienone is 5. The van der Waals surface area contributed by atoms with Crippen molar-refractivity contribution in [3.8, 4) is 0 Å². The van der Waals surface area contributed by atoms with Gasteiger partial charge in [-0.2, -0.15) is 0 Å². The van der Waals surface area contributed by atoms with Crippen LogP contribution in [0.15, 0.2) is 36.0 Å². The molecule has 0 aromatic rings. The van der Waals surface area contributed by atoms with Gasteiger partial charge in [-0.1, -0.05) is 233 Å². The molecule has 0 aromatic heterocycles. The third kappa shape index (κ3) is 18.4. The normalized spacial score (nSPS) is 27.3. The summed E-state index contributed by atoms with van der Waals surface area (Å²) in [6.07, 6.45) is 69.1. The van der Waals surface area contributed by atoms with Crippen LogP contribution in [0, 0.1) is 51.2 Å². The van der Waals surface area contributed by atoms with Crippen LogP contribution in [0.1, 0.15) is 319 Å². The van der Waals surface area contributed by atoms with Gasteiger partial charge in [0, 0.05) is 0 Å². The van der Waals surface area contributed by atoms with Gasteiger partial charge in [0.25, 0.3) is 0 Å². The molecule has 0 spiro atoms. The first kappa shape index (κ1) is 57.8. The van der Waals surface area contributed by atoms with Crippen LogP contribution in [-0.4, -0.2) is 11.2 Å². The zero-order valence-electron chi connectivity index (χ0n) is 46.3. The van der Waals surface area contributed by atoms with Crippen LogP contribution in [0.5, 0.6) is 0 Å². The minimum absolute atomic E-state index is 0.0942. The molecule has 4 aliphatic rings. The molecule has 4 rings (SSSR count). The van der Waals surface area contributed by atoms with E-state index >= 15 is 0 Å². The molecular formula is C65H118O. The number of hydrogen-bond acceptors (Lipinski definition) is 1. The summed E-state index contributed by atoms with van der Waals surface area (Å²) in [4.78, 5) is 0. The maximum absolute atomic E-state index is 10.5. The van der Waals surface area contributed by atoms with Crippen molar-refractivity contribution in [2.45, 2.75) is 325 Å². The minimum Gasteiger partial charge on any atom is -0.393 e. The summed E-state index contributed by atoms with van der Waals surface area (Å²) in [5, 5.41) is 10.5. The third-order valence-corrected chi connectivity index (χ3v) is 20.4. The quantitative estimate of drug-likeness (QED) is 0.0483. The molecule has 0 saturated heterocycles. The molecule has 0 amide bonds. The molecular weight excluding hydrogens is 797 g/mol. The van der Waals surface area contributed by atoms with Crippen molar-refractivity contribution in [1.29, 1.82) is 0 Å². The summed E-state index contributed by atoms with van der Waals surface area (Å²) >= 11 is 0. The largest absolute Gasteiger partial charge is 0.393 e. The number of fused-ring (bicyclic) bond motifs is 5. The van der Waals surface area contributed by atoms with Gasteiger partial charge in [0.1, 0.15) is 0 Å². The van der Waals surface area contributed by atoms with E-state index in [4.69, 9.17) is 0 Å². The van der Waals surface area contributed by atoms with Crippen LogP contribution in [0.3, 0.4) is 0 Å². The van der Waals surface area contributed by atoms with Gasteiger partial charge < -0.3 is 5.11 Å². The highest BCUT2D eigenvalue weighted by Crippen LogP contribution is 2.67. The van der Waals surface area contributed by atoms with Crippen molar-refractivity contribution >= 4 is 0 Å². The van der Waals surface area contributed by atoms with Crippen LogP contribution >= 0.6 is 0 Å². The Hall–Kier alpha value is -0.820. The predicted molar refractivity (Wildman–Crippen MR) is 294 cm³/mol. The van der Waals surface area contributed by atoms with Crippen molar-refractivity contribution in [2.75, 3.05) is 0 Å². The molecule has 3 saturated carbocycles. The lowest BCUT2D eigenvalue weighted by Gasteiger charge is -2.58. The lowest BCUT2D eigenvalue weighted by atomic mass is 9.47. The fraction of sp³-hybridized carbons (Fsp3) is 0.908. The van der Waals surface area contributed by atoms with Gasteiger partial charge in [0.15, 0.2) is 0 Å². The second-order valence-electron chi connectivity index (χ2n) is 25.6. The van der Waals surface area contributed by atoms with Gasteiger partial charge in [-0.25, -0.2) is 0 Å². The molecule has 0 heterocycles. The monoisotopic (exact) mass is 915 g/mol. The van der Waals surface area contributed by atoms with Gasteiger partial charge in [-0.15, -0.1) is 0 Å². The zero-order valence-corrected chi connectivity index (χ0v) is 46.3. The summed E-state index contributed by atoms with van der Waals surface area (Å²) in [5.41, 5.74) is 3.36. The first-order chi connectivity index (χ1) is 31.9. The molecule has 1 N–H and O–H groups in total. The molecule has 4 aliphatic carbocycles. The fourth-order valence-corrected chi connectivity index (χ4v) is 15.3. The zero-order chi connectivity index (χ0) is 47.6. The SMILES string of the molecule is CCCCCCCC/C=C\CCCCCCCCC(C)(CCCCCCCC/C=C\CCCCCCCC)C(C)(C)CCCC(C)[C@H]1CC[C@H]2[C@@H]3CC=C4C[C@@H](O)CC[C@]4(C)[C@H]3CC[C@]12C. The van der Waals surface area contributed by atoms with Crippen LogP contribution in [0.2, 0.25) is 0 Å². The van der Waals surface area contributed by atoms with Crippen molar-refractivity contribution in [3.05, 3.63) is 36.0 Å². The average Bonchev–Trinajstić information content (AvgIpc) is 3.66. The highest BCUT2D eigenvalue weighted by molar-refractivity contribution is 5.25. The smallest absolute Gasteiger partial charge is 0.0577 e. The van der Waals surface area contributed by atoms with E-state index in [0.29, 0.717) is 21.7 Å². The average molecular weight is 916 g/mol. The first-order valence-corrected chi connectivity index (χ1v) is 30.6. The summed E-state index contributed by atoms with van der Waals surface area (Å²) in [7, 11) is 0. The molecule has 0 bridgehead atoms. The molecule has 66 heavy (non-hydrogen) atoms. The Morgan fingerprint density at radius 3 is 1.53 bits per heavy atom. The molecule has 0 aromatic carbocycles. The first-order valence-electron chi connectivity index (χ1n) is 30.6. The molecule has 0 radical (unpaired) electrons. The molecule has 0 aliphatic heterocycles. The van der Waals surface area contributed by atoms with E-state index in [1.807, 2.05) is 0 Å². The van der Waals surface area contributed by atoms with Crippen molar-refractivity contribution in [2.24, 2.45) is 51.2 Å². The summed E-state index contributed by atoms with van der Waals surface area (Å²) < 4.78 is 0. The Morgan fingerprint density at radius 1 is 0.561 bits per heavy atom. The van der Waals surface area contributed by atoms with Crippen LogP contribution in [0.25, 0.3) is 0 Å². The fourth-order valence-electron chi connectivity index (χ4n) is 15.3. The highest BCUT2D eigenvalue weighted by atomic mass is 16.3. The molecule has 384 valence electrons. The van der Waals surface area contributed by atoms with E-state index in [0.717, 1.165) is 42.4 Å². The lowest BCUT2D eigenvalue weighted by molar-refractivity contribution is -0.0576. The molecule has 1 nitrogen and oxygen atoms in total. The Labute approximate surface area is 415 Å². The summed E-state index contributed by atoms with van der Waals surface area (Å²) in [6.45, 7) is 20.8. The van der Waals surface area contributed by atoms with Gasteiger partial charge in [0.2, 0.25) is 0 Å². The predicted octanol–water partition coefficient (Wildman–Crippen LogP) is 21.6. The maximum Gasteiger partial charge on any atom is 0.0577 e. The Kier molecular flexibility index (Phi) is 27.6. The summed E-state index contributed by atoms with van der Waals surface area (Å²) in [6, 6.07) is 0. The number of aliphatic hydroxyl groups is 1.